The summed E-state index contributed by atoms with van der Waals surface area (Å²) in [6.45, 7) is 1.13. The molecule has 152 valence electrons. The first-order valence-corrected chi connectivity index (χ1v) is 10.4. The van der Waals surface area contributed by atoms with E-state index in [4.69, 9.17) is 9.56 Å². The van der Waals surface area contributed by atoms with Crippen molar-refractivity contribution in [3.8, 4) is 0 Å². The molecule has 0 saturated carbocycles. The zero-order valence-electron chi connectivity index (χ0n) is 15.4. The third-order valence-corrected chi connectivity index (χ3v) is 5.19. The molecule has 0 atom stereocenters. The number of nitrogens with two attached hydrogens (primary N) is 1. The molecule has 0 radical (unpaired) electrons. The van der Waals surface area contributed by atoms with Crippen LogP contribution in [0.1, 0.15) is 24.2 Å². The molecular formula is C19H25IN4O3S. The summed E-state index contributed by atoms with van der Waals surface area (Å²) >= 11 is 0. The molecule has 0 saturated heterocycles. The lowest BCUT2D eigenvalue weighted by atomic mass is 10.2. The molecule has 1 heterocycles. The summed E-state index contributed by atoms with van der Waals surface area (Å²) in [7, 11) is -3.68. The van der Waals surface area contributed by atoms with E-state index in [1.807, 2.05) is 12.1 Å². The molecule has 3 rings (SSSR count). The van der Waals surface area contributed by atoms with Crippen molar-refractivity contribution in [2.75, 3.05) is 6.54 Å². The lowest BCUT2D eigenvalue weighted by molar-refractivity contribution is 0.506. The third kappa shape index (κ3) is 6.95. The first-order chi connectivity index (χ1) is 13.0. The van der Waals surface area contributed by atoms with E-state index >= 15 is 0 Å². The van der Waals surface area contributed by atoms with Crippen molar-refractivity contribution in [1.29, 1.82) is 0 Å². The predicted molar refractivity (Wildman–Crippen MR) is 120 cm³/mol. The molecule has 0 aliphatic heterocycles. The van der Waals surface area contributed by atoms with Crippen LogP contribution in [0.3, 0.4) is 0 Å². The Morgan fingerprint density at radius 2 is 1.89 bits per heavy atom. The highest BCUT2D eigenvalue weighted by molar-refractivity contribution is 14.0. The van der Waals surface area contributed by atoms with Gasteiger partial charge in [-0.15, -0.1) is 24.0 Å². The van der Waals surface area contributed by atoms with Gasteiger partial charge in [-0.25, -0.2) is 18.5 Å². The van der Waals surface area contributed by atoms with E-state index in [0.29, 0.717) is 19.1 Å². The van der Waals surface area contributed by atoms with Crippen molar-refractivity contribution in [3.63, 3.8) is 0 Å². The Hall–Kier alpha value is -1.85. The van der Waals surface area contributed by atoms with Crippen molar-refractivity contribution in [2.24, 2.45) is 10.1 Å². The standard InChI is InChI=1S/C19H24N4O3S.HI/c20-27(24,25)18-9-7-15(8-10-18)14-22-19(23-16-4-1-2-5-16)21-12-11-17-6-3-13-26-17;/h1-3,6-10,13,16H,4-5,11-12,14H2,(H2,20,24,25)(H2,21,22,23);1H. The number of primary sulfonamides is 1. The first-order valence-electron chi connectivity index (χ1n) is 8.85. The normalized spacial score (nSPS) is 14.7. The number of nitrogens with one attached hydrogen (secondary N) is 2. The fourth-order valence-corrected chi connectivity index (χ4v) is 3.31. The number of hydrogen-bond acceptors (Lipinski definition) is 4. The Labute approximate surface area is 182 Å². The van der Waals surface area contributed by atoms with Gasteiger partial charge in [-0.2, -0.15) is 0 Å². The van der Waals surface area contributed by atoms with Gasteiger partial charge in [0.25, 0.3) is 0 Å². The van der Waals surface area contributed by atoms with Gasteiger partial charge in [-0.1, -0.05) is 24.3 Å². The van der Waals surface area contributed by atoms with Gasteiger partial charge in [0.05, 0.1) is 17.7 Å². The topological polar surface area (TPSA) is 110 Å². The summed E-state index contributed by atoms with van der Waals surface area (Å²) in [5.74, 6) is 1.65. The van der Waals surface area contributed by atoms with E-state index in [-0.39, 0.29) is 28.9 Å². The molecule has 0 bridgehead atoms. The molecule has 0 fully saturated rings. The minimum absolute atomic E-state index is 0. The maximum atomic E-state index is 11.3. The molecule has 1 aromatic carbocycles. The second-order valence-corrected chi connectivity index (χ2v) is 7.96. The number of halogens is 1. The molecule has 0 spiro atoms. The van der Waals surface area contributed by atoms with Gasteiger partial charge in [0.15, 0.2) is 5.96 Å². The van der Waals surface area contributed by atoms with Crippen LogP contribution in [0, 0.1) is 0 Å². The van der Waals surface area contributed by atoms with Crippen LogP contribution >= 0.6 is 24.0 Å². The van der Waals surface area contributed by atoms with Crippen molar-refractivity contribution < 1.29 is 12.8 Å². The second kappa shape index (κ2) is 10.6. The fraction of sp³-hybridized carbons (Fsp3) is 0.316. The summed E-state index contributed by atoms with van der Waals surface area (Å²) < 4.78 is 28.0. The highest BCUT2D eigenvalue weighted by atomic mass is 127. The highest BCUT2D eigenvalue weighted by Gasteiger charge is 2.12. The van der Waals surface area contributed by atoms with E-state index in [1.54, 1.807) is 18.4 Å². The lowest BCUT2D eigenvalue weighted by Gasteiger charge is -2.17. The van der Waals surface area contributed by atoms with Gasteiger partial charge >= 0.3 is 0 Å². The molecule has 0 amide bonds. The molecule has 4 N–H and O–H groups in total. The minimum Gasteiger partial charge on any atom is -0.469 e. The van der Waals surface area contributed by atoms with Gasteiger partial charge in [0.1, 0.15) is 5.76 Å². The number of benzene rings is 1. The van der Waals surface area contributed by atoms with Gasteiger partial charge in [0, 0.05) is 19.0 Å². The number of hydrogen-bond donors (Lipinski definition) is 3. The molecular weight excluding hydrogens is 491 g/mol. The van der Waals surface area contributed by atoms with Crippen molar-refractivity contribution >= 4 is 40.0 Å². The number of nitrogens with zero attached hydrogens (tertiary/aromatic N) is 1. The zero-order valence-corrected chi connectivity index (χ0v) is 18.5. The fourth-order valence-electron chi connectivity index (χ4n) is 2.79. The molecule has 2 aromatic rings. The molecule has 9 heteroatoms. The summed E-state index contributed by atoms with van der Waals surface area (Å²) in [4.78, 5) is 4.72. The average molecular weight is 516 g/mol. The maximum Gasteiger partial charge on any atom is 0.238 e. The lowest BCUT2D eigenvalue weighted by Crippen LogP contribution is -2.43. The van der Waals surface area contributed by atoms with E-state index in [9.17, 15) is 8.42 Å². The third-order valence-electron chi connectivity index (χ3n) is 4.26. The molecule has 1 aromatic heterocycles. The number of sulfonamides is 1. The van der Waals surface area contributed by atoms with E-state index in [2.05, 4.69) is 27.8 Å². The maximum absolute atomic E-state index is 11.3. The van der Waals surface area contributed by atoms with Crippen molar-refractivity contribution in [2.45, 2.75) is 36.7 Å². The van der Waals surface area contributed by atoms with Crippen LogP contribution in [0.15, 0.2) is 69.1 Å². The summed E-state index contributed by atoms with van der Waals surface area (Å²) in [6.07, 6.45) is 8.69. The van der Waals surface area contributed by atoms with Crippen molar-refractivity contribution in [1.82, 2.24) is 10.6 Å². The van der Waals surface area contributed by atoms with Gasteiger partial charge in [-0.3, -0.25) is 0 Å². The Morgan fingerprint density at radius 3 is 2.50 bits per heavy atom. The SMILES string of the molecule is I.NS(=O)(=O)c1ccc(CN=C(NCCc2ccco2)NC2CC=CC2)cc1. The van der Waals surface area contributed by atoms with Gasteiger partial charge < -0.3 is 15.1 Å². The number of aliphatic imine (C=N–C) groups is 1. The summed E-state index contributed by atoms with van der Waals surface area (Å²) in [6, 6.07) is 10.6. The van der Waals surface area contributed by atoms with E-state index in [0.717, 1.165) is 36.5 Å². The Morgan fingerprint density at radius 1 is 1.18 bits per heavy atom. The van der Waals surface area contributed by atoms with Crippen LogP contribution in [-0.2, 0) is 23.0 Å². The molecule has 0 unspecified atom stereocenters. The molecule has 1 aliphatic rings. The van der Waals surface area contributed by atoms with E-state index in [1.165, 1.54) is 12.1 Å². The Bertz CT molecular complexity index is 886. The Kier molecular flexibility index (Phi) is 8.52. The Balaban J connectivity index is 0.00000280. The average Bonchev–Trinajstić information content (AvgIpc) is 3.33. The molecule has 28 heavy (non-hydrogen) atoms. The first kappa shape index (κ1) is 22.4. The van der Waals surface area contributed by atoms with Crippen LogP contribution in [0.25, 0.3) is 0 Å². The number of rotatable bonds is 7. The monoisotopic (exact) mass is 516 g/mol. The smallest absolute Gasteiger partial charge is 0.238 e. The minimum atomic E-state index is -3.68. The molecule has 7 nitrogen and oxygen atoms in total. The van der Waals surface area contributed by atoms with Crippen LogP contribution in [-0.4, -0.2) is 27.0 Å². The van der Waals surface area contributed by atoms with Gasteiger partial charge in [0.2, 0.25) is 10.0 Å². The van der Waals surface area contributed by atoms with Crippen LogP contribution in [0.2, 0.25) is 0 Å². The largest absolute Gasteiger partial charge is 0.469 e. The second-order valence-electron chi connectivity index (χ2n) is 6.39. The molecule has 1 aliphatic carbocycles. The van der Waals surface area contributed by atoms with Crippen molar-refractivity contribution in [3.05, 3.63) is 66.1 Å². The predicted octanol–water partition coefficient (Wildman–Crippen LogP) is 2.54. The summed E-state index contributed by atoms with van der Waals surface area (Å²) in [5.41, 5.74) is 0.902. The van der Waals surface area contributed by atoms with Crippen LogP contribution in [0.5, 0.6) is 0 Å². The quantitative estimate of drug-likeness (QED) is 0.227. The van der Waals surface area contributed by atoms with E-state index < -0.39 is 10.0 Å². The number of guanidine groups is 1. The van der Waals surface area contributed by atoms with Gasteiger partial charge in [-0.05, 0) is 42.7 Å². The van der Waals surface area contributed by atoms with Crippen LogP contribution in [0.4, 0.5) is 0 Å². The zero-order chi connectivity index (χ0) is 19.1. The van der Waals surface area contributed by atoms with Crippen LogP contribution < -0.4 is 15.8 Å². The summed E-state index contributed by atoms with van der Waals surface area (Å²) in [5, 5.41) is 11.9. The number of furan rings is 1. The highest BCUT2D eigenvalue weighted by Crippen LogP contribution is 2.11.